The van der Waals surface area contributed by atoms with Crippen LogP contribution in [-0.2, 0) is 36.9 Å². The van der Waals surface area contributed by atoms with Crippen molar-refractivity contribution in [2.24, 2.45) is 5.92 Å². The Morgan fingerprint density at radius 3 is 2.76 bits per heavy atom. The van der Waals surface area contributed by atoms with Crippen LogP contribution in [0.15, 0.2) is 30.4 Å². The molecule has 1 saturated heterocycles. The molecule has 0 aromatic heterocycles. The van der Waals surface area contributed by atoms with Crippen LogP contribution < -0.4 is 5.32 Å². The summed E-state index contributed by atoms with van der Waals surface area (Å²) in [6, 6.07) is 3.82. The minimum absolute atomic E-state index is 0.0501. The van der Waals surface area contributed by atoms with Crippen molar-refractivity contribution in [1.29, 1.82) is 0 Å². The number of rotatable bonds is 10. The van der Waals surface area contributed by atoms with Gasteiger partial charge in [-0.05, 0) is 30.9 Å². The number of amides is 3. The van der Waals surface area contributed by atoms with Crippen LogP contribution in [0.1, 0.15) is 56.6 Å². The van der Waals surface area contributed by atoms with Gasteiger partial charge in [-0.15, -0.1) is 0 Å². The predicted octanol–water partition coefficient (Wildman–Crippen LogP) is 3.06. The highest BCUT2D eigenvalue weighted by molar-refractivity contribution is 5.94. The Kier molecular flexibility index (Phi) is 8.14. The van der Waals surface area contributed by atoms with E-state index in [0.717, 1.165) is 31.2 Å². The third-order valence-electron chi connectivity index (χ3n) is 7.44. The fraction of sp³-hybridized carbons (Fsp3) is 0.556. The molecule has 3 aliphatic rings. The summed E-state index contributed by atoms with van der Waals surface area (Å²) in [4.78, 5) is 52.9. The Hall–Kier alpha value is -3.43. The van der Waals surface area contributed by atoms with Crippen molar-refractivity contribution in [3.63, 3.8) is 0 Å². The molecule has 4 rings (SSSR count). The van der Waals surface area contributed by atoms with Gasteiger partial charge in [-0.1, -0.05) is 44.1 Å². The van der Waals surface area contributed by atoms with Gasteiger partial charge in [0.1, 0.15) is 23.5 Å². The van der Waals surface area contributed by atoms with E-state index in [-0.39, 0.29) is 37.8 Å². The van der Waals surface area contributed by atoms with E-state index in [1.54, 1.807) is 12.1 Å². The Balaban J connectivity index is 1.34. The maximum Gasteiger partial charge on any atom is 0.410 e. The van der Waals surface area contributed by atoms with Crippen molar-refractivity contribution in [3.05, 3.63) is 47.3 Å². The van der Waals surface area contributed by atoms with Gasteiger partial charge in [0.25, 0.3) is 0 Å². The van der Waals surface area contributed by atoms with Gasteiger partial charge in [0.05, 0.1) is 20.2 Å². The molecule has 0 spiro atoms. The second kappa shape index (κ2) is 11.3. The van der Waals surface area contributed by atoms with Gasteiger partial charge >= 0.3 is 12.1 Å². The van der Waals surface area contributed by atoms with E-state index in [1.165, 1.54) is 23.0 Å². The van der Waals surface area contributed by atoms with E-state index in [0.29, 0.717) is 18.4 Å². The first-order chi connectivity index (χ1) is 17.8. The number of esters is 1. The molecule has 37 heavy (non-hydrogen) atoms. The number of hydrogen-bond donors (Lipinski definition) is 1. The van der Waals surface area contributed by atoms with E-state index < -0.39 is 35.7 Å². The van der Waals surface area contributed by atoms with Crippen LogP contribution in [0.25, 0.3) is 0 Å². The molecular formula is C27H34FN3O6. The maximum atomic E-state index is 14.0. The normalized spacial score (nSPS) is 26.2. The molecule has 3 amide bonds. The topological polar surface area (TPSA) is 105 Å². The number of carbonyl (C=O) groups excluding carboxylic acids is 4. The Labute approximate surface area is 215 Å². The van der Waals surface area contributed by atoms with Crippen LogP contribution in [0, 0.1) is 11.7 Å². The molecule has 2 fully saturated rings. The second-order valence-electron chi connectivity index (χ2n) is 9.98. The Morgan fingerprint density at radius 2 is 2.05 bits per heavy atom. The zero-order valence-electron chi connectivity index (χ0n) is 21.3. The molecule has 2 aliphatic heterocycles. The molecular weight excluding hydrogens is 481 g/mol. The Bertz CT molecular complexity index is 1080. The van der Waals surface area contributed by atoms with E-state index in [9.17, 15) is 23.6 Å². The first-order valence-electron chi connectivity index (χ1n) is 12.8. The van der Waals surface area contributed by atoms with Crippen molar-refractivity contribution in [2.45, 2.75) is 76.2 Å². The van der Waals surface area contributed by atoms with Gasteiger partial charge < -0.3 is 19.7 Å². The fourth-order valence-corrected chi connectivity index (χ4v) is 5.22. The maximum absolute atomic E-state index is 14.0. The largest absolute Gasteiger partial charge is 0.467 e. The molecule has 2 heterocycles. The summed E-state index contributed by atoms with van der Waals surface area (Å²) in [5.74, 6) is -1.56. The average Bonchev–Trinajstić information content (AvgIpc) is 3.21. The van der Waals surface area contributed by atoms with Gasteiger partial charge in [-0.3, -0.25) is 14.5 Å². The molecule has 0 radical (unpaired) electrons. The molecule has 1 aromatic rings. The van der Waals surface area contributed by atoms with Crippen molar-refractivity contribution in [1.82, 2.24) is 15.1 Å². The van der Waals surface area contributed by atoms with Crippen molar-refractivity contribution in [3.8, 4) is 0 Å². The molecule has 1 aliphatic carbocycles. The first-order valence-corrected chi connectivity index (χ1v) is 12.8. The number of unbranched alkanes of at least 4 members (excludes halogenated alkanes) is 3. The highest BCUT2D eigenvalue weighted by atomic mass is 19.1. The summed E-state index contributed by atoms with van der Waals surface area (Å²) in [5, 5.41) is 2.82. The van der Waals surface area contributed by atoms with Gasteiger partial charge in [-0.2, -0.15) is 0 Å². The number of methoxy groups -OCH3 is 1. The van der Waals surface area contributed by atoms with Gasteiger partial charge in [0.15, 0.2) is 0 Å². The number of halogens is 1. The lowest BCUT2D eigenvalue weighted by Gasteiger charge is -2.22. The number of hydrogen-bond acceptors (Lipinski definition) is 6. The number of benzene rings is 1. The minimum atomic E-state index is -1.15. The SMILES string of the molecule is CCCCC/C=C\[C@@H]1CC1(NC(=O)[C@@H]1C[C@@H](OC(=O)N2Cc3cccc(F)c3C2)CN1C=O)C(=O)OC. The lowest BCUT2D eigenvalue weighted by Crippen LogP contribution is -2.52. The number of likely N-dealkylation sites (tertiary alicyclic amines) is 1. The quantitative estimate of drug-likeness (QED) is 0.222. The van der Waals surface area contributed by atoms with Gasteiger partial charge in [-0.25, -0.2) is 14.0 Å². The van der Waals surface area contributed by atoms with Gasteiger partial charge in [0.2, 0.25) is 12.3 Å². The number of fused-ring (bicyclic) bond motifs is 1. The van der Waals surface area contributed by atoms with Crippen LogP contribution in [-0.4, -0.2) is 65.5 Å². The molecule has 1 saturated carbocycles. The summed E-state index contributed by atoms with van der Waals surface area (Å²) < 4.78 is 24.6. The van der Waals surface area contributed by atoms with Crippen LogP contribution in [0.4, 0.5) is 9.18 Å². The number of ether oxygens (including phenoxy) is 2. The van der Waals surface area contributed by atoms with Crippen molar-refractivity contribution >= 4 is 24.4 Å². The molecule has 0 bridgehead atoms. The standard InChI is InChI=1S/C27H34FN3O6/c1-3-4-5-6-7-10-19-13-27(19,25(34)36-2)29-24(33)23-12-20(15-31(23)17-32)37-26(35)30-14-18-9-8-11-22(28)21(18)16-30/h7-11,17,19-20,23H,3-6,12-16H2,1-2H3,(H,29,33)/b10-7-/t19-,20-,23+,27?/m1/s1. The van der Waals surface area contributed by atoms with Crippen molar-refractivity contribution in [2.75, 3.05) is 13.7 Å². The summed E-state index contributed by atoms with van der Waals surface area (Å²) in [7, 11) is 1.28. The minimum Gasteiger partial charge on any atom is -0.467 e. The van der Waals surface area contributed by atoms with E-state index >= 15 is 0 Å². The second-order valence-corrected chi connectivity index (χ2v) is 9.98. The highest BCUT2D eigenvalue weighted by Gasteiger charge is 2.62. The number of nitrogens with zero attached hydrogens (tertiary/aromatic N) is 2. The molecule has 4 atom stereocenters. The van der Waals surface area contributed by atoms with Crippen LogP contribution in [0.3, 0.4) is 0 Å². The molecule has 1 aromatic carbocycles. The lowest BCUT2D eigenvalue weighted by atomic mass is 10.1. The monoisotopic (exact) mass is 515 g/mol. The smallest absolute Gasteiger partial charge is 0.410 e. The summed E-state index contributed by atoms with van der Waals surface area (Å²) in [5.41, 5.74) is 0.0349. The predicted molar refractivity (Wildman–Crippen MR) is 131 cm³/mol. The molecule has 10 heteroatoms. The molecule has 9 nitrogen and oxygen atoms in total. The lowest BCUT2D eigenvalue weighted by molar-refractivity contribution is -0.147. The number of nitrogens with one attached hydrogen (secondary N) is 1. The third kappa shape index (κ3) is 5.62. The summed E-state index contributed by atoms with van der Waals surface area (Å²) in [6.45, 7) is 2.51. The van der Waals surface area contributed by atoms with E-state index in [4.69, 9.17) is 9.47 Å². The van der Waals surface area contributed by atoms with E-state index in [1.807, 2.05) is 12.2 Å². The van der Waals surface area contributed by atoms with E-state index in [2.05, 4.69) is 12.2 Å². The van der Waals surface area contributed by atoms with Crippen molar-refractivity contribution < 1.29 is 33.0 Å². The van der Waals surface area contributed by atoms with Gasteiger partial charge in [0, 0.05) is 24.4 Å². The Morgan fingerprint density at radius 1 is 1.24 bits per heavy atom. The number of carbonyl (C=O) groups is 4. The first kappa shape index (κ1) is 26.6. The average molecular weight is 516 g/mol. The zero-order valence-corrected chi connectivity index (χ0v) is 21.3. The fourth-order valence-electron chi connectivity index (χ4n) is 5.22. The molecule has 1 unspecified atom stereocenters. The van der Waals surface area contributed by atoms with Crippen LogP contribution in [0.2, 0.25) is 0 Å². The zero-order chi connectivity index (χ0) is 26.6. The summed E-state index contributed by atoms with van der Waals surface area (Å²) in [6.07, 6.45) is 7.92. The summed E-state index contributed by atoms with van der Waals surface area (Å²) >= 11 is 0. The van der Waals surface area contributed by atoms with Crippen LogP contribution >= 0.6 is 0 Å². The third-order valence-corrected chi connectivity index (χ3v) is 7.44. The van der Waals surface area contributed by atoms with Crippen LogP contribution in [0.5, 0.6) is 0 Å². The molecule has 1 N–H and O–H groups in total. The molecule has 200 valence electrons. The highest BCUT2D eigenvalue weighted by Crippen LogP contribution is 2.46. The number of allylic oxidation sites excluding steroid dienone is 1.